The third-order valence-electron chi connectivity index (χ3n) is 2.25. The van der Waals surface area contributed by atoms with Crippen LogP contribution in [0.3, 0.4) is 0 Å². The number of halogens is 1. The van der Waals surface area contributed by atoms with E-state index in [0.717, 1.165) is 10.2 Å². The first-order valence-corrected chi connectivity index (χ1v) is 5.74. The molecule has 0 radical (unpaired) electrons. The third-order valence-corrected chi connectivity index (χ3v) is 2.75. The second-order valence-electron chi connectivity index (χ2n) is 3.53. The van der Waals surface area contributed by atoms with E-state index in [2.05, 4.69) is 21.2 Å². The van der Waals surface area contributed by atoms with Crippen molar-refractivity contribution in [3.8, 4) is 0 Å². The number of nitrogen functional groups attached to an aromatic ring is 1. The largest absolute Gasteiger partial charge is 0.384 e. The molecule has 0 aromatic heterocycles. The zero-order valence-electron chi connectivity index (χ0n) is 9.38. The van der Waals surface area contributed by atoms with Crippen LogP contribution in [0.4, 0.5) is 5.69 Å². The van der Waals surface area contributed by atoms with Crippen molar-refractivity contribution in [2.75, 3.05) is 19.0 Å². The summed E-state index contributed by atoms with van der Waals surface area (Å²) in [5.74, 6) is 0.0499. The normalized spacial score (nSPS) is 12.2. The highest BCUT2D eigenvalue weighted by Crippen LogP contribution is 2.20. The predicted octanol–water partition coefficient (Wildman–Crippen LogP) is 2.18. The monoisotopic (exact) mass is 285 g/mol. The van der Waals surface area contributed by atoms with Crippen LogP contribution in [-0.4, -0.2) is 25.6 Å². The Bertz CT molecular complexity index is 381. The van der Waals surface area contributed by atoms with Gasteiger partial charge in [-0.05, 0) is 25.1 Å². The summed E-state index contributed by atoms with van der Waals surface area (Å²) in [5, 5.41) is 10.7. The lowest BCUT2D eigenvalue weighted by Crippen LogP contribution is -2.21. The maximum absolute atomic E-state index is 7.49. The lowest BCUT2D eigenvalue weighted by atomic mass is 10.1. The summed E-state index contributed by atoms with van der Waals surface area (Å²) in [7, 11) is 1.67. The molecule has 0 fully saturated rings. The fourth-order valence-corrected chi connectivity index (χ4v) is 1.59. The van der Waals surface area contributed by atoms with E-state index in [1.807, 2.05) is 25.1 Å². The van der Waals surface area contributed by atoms with E-state index in [-0.39, 0.29) is 11.9 Å². The topological polar surface area (TPSA) is 71.1 Å². The number of amidine groups is 1. The van der Waals surface area contributed by atoms with Crippen molar-refractivity contribution in [3.05, 3.63) is 28.2 Å². The summed E-state index contributed by atoms with van der Waals surface area (Å²) in [6.07, 6.45) is 0.114. The Morgan fingerprint density at radius 1 is 1.62 bits per heavy atom. The maximum Gasteiger partial charge on any atom is 0.124 e. The molecule has 0 heterocycles. The highest BCUT2D eigenvalue weighted by atomic mass is 79.9. The molecule has 4 N–H and O–H groups in total. The molecule has 4 nitrogen and oxygen atoms in total. The van der Waals surface area contributed by atoms with E-state index in [1.165, 1.54) is 0 Å². The minimum atomic E-state index is 0.0499. The number of anilines is 1. The van der Waals surface area contributed by atoms with Crippen LogP contribution in [0.5, 0.6) is 0 Å². The number of methoxy groups -OCH3 is 1. The fourth-order valence-electron chi connectivity index (χ4n) is 1.23. The van der Waals surface area contributed by atoms with Crippen molar-refractivity contribution < 1.29 is 4.74 Å². The zero-order valence-corrected chi connectivity index (χ0v) is 11.0. The van der Waals surface area contributed by atoms with Gasteiger partial charge in [0.05, 0.1) is 6.10 Å². The second-order valence-corrected chi connectivity index (χ2v) is 4.45. The van der Waals surface area contributed by atoms with Crippen molar-refractivity contribution in [2.24, 2.45) is 5.73 Å². The Morgan fingerprint density at radius 2 is 2.31 bits per heavy atom. The van der Waals surface area contributed by atoms with Gasteiger partial charge in [0.2, 0.25) is 0 Å². The van der Waals surface area contributed by atoms with Gasteiger partial charge in [-0.25, -0.2) is 0 Å². The van der Waals surface area contributed by atoms with Crippen LogP contribution >= 0.6 is 15.9 Å². The Balaban J connectivity index is 2.82. The molecule has 1 aromatic carbocycles. The number of hydrogen-bond donors (Lipinski definition) is 3. The SMILES string of the molecule is COC(C)CNc1ccc(Br)cc1C(=N)N. The lowest BCUT2D eigenvalue weighted by Gasteiger charge is -2.14. The Hall–Kier alpha value is -1.07. The predicted molar refractivity (Wildman–Crippen MR) is 70.1 cm³/mol. The first kappa shape index (κ1) is 13.0. The molecule has 0 aliphatic rings. The Morgan fingerprint density at radius 3 is 2.88 bits per heavy atom. The van der Waals surface area contributed by atoms with Crippen LogP contribution in [0.2, 0.25) is 0 Å². The maximum atomic E-state index is 7.49. The number of ether oxygens (including phenoxy) is 1. The highest BCUT2D eigenvalue weighted by molar-refractivity contribution is 9.10. The van der Waals surface area contributed by atoms with Gasteiger partial charge < -0.3 is 15.8 Å². The standard InChI is InChI=1S/C11H16BrN3O/c1-7(16-2)6-15-10-4-3-8(12)5-9(10)11(13)14/h3-5,7,15H,6H2,1-2H3,(H3,13,14). The zero-order chi connectivity index (χ0) is 12.1. The molecule has 0 bridgehead atoms. The van der Waals surface area contributed by atoms with E-state index >= 15 is 0 Å². The van der Waals surface area contributed by atoms with Gasteiger partial charge in [-0.2, -0.15) is 0 Å². The Labute approximate surface area is 104 Å². The molecule has 1 unspecified atom stereocenters. The van der Waals surface area contributed by atoms with E-state index < -0.39 is 0 Å². The molecule has 1 atom stereocenters. The van der Waals surface area contributed by atoms with Gasteiger partial charge in [0, 0.05) is 29.4 Å². The molecule has 16 heavy (non-hydrogen) atoms. The number of benzene rings is 1. The van der Waals surface area contributed by atoms with Crippen LogP contribution in [0, 0.1) is 5.41 Å². The molecule has 1 rings (SSSR count). The van der Waals surface area contributed by atoms with E-state index in [4.69, 9.17) is 15.9 Å². The van der Waals surface area contributed by atoms with Crippen molar-refractivity contribution in [1.29, 1.82) is 5.41 Å². The first-order chi connectivity index (χ1) is 7.54. The van der Waals surface area contributed by atoms with Gasteiger partial charge in [0.15, 0.2) is 0 Å². The molecule has 0 saturated carbocycles. The molecule has 0 spiro atoms. The van der Waals surface area contributed by atoms with Gasteiger partial charge in [-0.3, -0.25) is 5.41 Å². The summed E-state index contributed by atoms with van der Waals surface area (Å²) in [6, 6.07) is 5.62. The summed E-state index contributed by atoms with van der Waals surface area (Å²) >= 11 is 3.35. The summed E-state index contributed by atoms with van der Waals surface area (Å²) in [6.45, 7) is 2.65. The van der Waals surface area contributed by atoms with E-state index in [9.17, 15) is 0 Å². The second kappa shape index (κ2) is 5.86. The lowest BCUT2D eigenvalue weighted by molar-refractivity contribution is 0.129. The summed E-state index contributed by atoms with van der Waals surface area (Å²) in [5.41, 5.74) is 7.05. The van der Waals surface area contributed by atoms with Gasteiger partial charge in [0.1, 0.15) is 5.84 Å². The first-order valence-electron chi connectivity index (χ1n) is 4.95. The minimum absolute atomic E-state index is 0.0499. The average molecular weight is 286 g/mol. The minimum Gasteiger partial charge on any atom is -0.384 e. The Kier molecular flexibility index (Phi) is 4.76. The molecule has 0 saturated heterocycles. The van der Waals surface area contributed by atoms with E-state index in [0.29, 0.717) is 12.1 Å². The van der Waals surface area contributed by atoms with Crippen LogP contribution in [0.25, 0.3) is 0 Å². The van der Waals surface area contributed by atoms with Crippen LogP contribution in [-0.2, 0) is 4.74 Å². The number of rotatable bonds is 5. The van der Waals surface area contributed by atoms with Gasteiger partial charge in [0.25, 0.3) is 0 Å². The number of nitrogens with one attached hydrogen (secondary N) is 2. The number of nitrogens with two attached hydrogens (primary N) is 1. The van der Waals surface area contributed by atoms with Crippen LogP contribution < -0.4 is 11.1 Å². The molecule has 1 aromatic rings. The summed E-state index contributed by atoms with van der Waals surface area (Å²) in [4.78, 5) is 0. The molecule has 0 aliphatic heterocycles. The highest BCUT2D eigenvalue weighted by Gasteiger charge is 2.07. The van der Waals surface area contributed by atoms with Gasteiger partial charge >= 0.3 is 0 Å². The number of hydrogen-bond acceptors (Lipinski definition) is 3. The molecular formula is C11H16BrN3O. The van der Waals surface area contributed by atoms with Crippen molar-refractivity contribution in [1.82, 2.24) is 0 Å². The molecule has 0 amide bonds. The van der Waals surface area contributed by atoms with Crippen molar-refractivity contribution >= 4 is 27.5 Å². The van der Waals surface area contributed by atoms with Crippen molar-refractivity contribution in [3.63, 3.8) is 0 Å². The fraction of sp³-hybridized carbons (Fsp3) is 0.364. The summed E-state index contributed by atoms with van der Waals surface area (Å²) < 4.78 is 6.04. The van der Waals surface area contributed by atoms with Gasteiger partial charge in [-0.1, -0.05) is 15.9 Å². The van der Waals surface area contributed by atoms with Gasteiger partial charge in [-0.15, -0.1) is 0 Å². The van der Waals surface area contributed by atoms with Crippen LogP contribution in [0.15, 0.2) is 22.7 Å². The molecule has 0 aliphatic carbocycles. The molecule has 88 valence electrons. The quantitative estimate of drug-likeness (QED) is 0.574. The molecule has 5 heteroatoms. The van der Waals surface area contributed by atoms with Crippen molar-refractivity contribution in [2.45, 2.75) is 13.0 Å². The third kappa shape index (κ3) is 3.50. The van der Waals surface area contributed by atoms with E-state index in [1.54, 1.807) is 7.11 Å². The smallest absolute Gasteiger partial charge is 0.124 e. The molecular weight excluding hydrogens is 270 g/mol. The van der Waals surface area contributed by atoms with Crippen LogP contribution in [0.1, 0.15) is 12.5 Å². The average Bonchev–Trinajstić information content (AvgIpc) is 2.26.